The first-order chi connectivity index (χ1) is 5.35. The molecule has 0 aromatic carbocycles. The number of nitrogens with one attached hydrogen (secondary N) is 1. The molecule has 0 atom stereocenters. The van der Waals surface area contributed by atoms with Gasteiger partial charge < -0.3 is 4.74 Å². The van der Waals surface area contributed by atoms with Gasteiger partial charge in [0.15, 0.2) is 0 Å². The molecule has 0 rings (SSSR count). The summed E-state index contributed by atoms with van der Waals surface area (Å²) in [6.07, 6.45) is 0.876. The van der Waals surface area contributed by atoms with Gasteiger partial charge in [0.2, 0.25) is 0 Å². The summed E-state index contributed by atoms with van der Waals surface area (Å²) >= 11 is 0.928. The van der Waals surface area contributed by atoms with Crippen LogP contribution in [0.4, 0.5) is 9.59 Å². The average molecular weight is 191 g/mol. The van der Waals surface area contributed by atoms with Crippen molar-refractivity contribution in [3.63, 3.8) is 0 Å². The van der Waals surface area contributed by atoms with Gasteiger partial charge in [-0.1, -0.05) is 11.8 Å². The van der Waals surface area contributed by atoms with Crippen LogP contribution in [0.15, 0.2) is 0 Å². The monoisotopic (exact) mass is 191 g/mol. The smallest absolute Gasteiger partial charge is 0.415 e. The maximum atomic E-state index is 10.9. The van der Waals surface area contributed by atoms with Crippen LogP contribution in [0.2, 0.25) is 0 Å². The Kier molecular flexibility index (Phi) is 4.09. The zero-order chi connectivity index (χ0) is 9.78. The molecule has 0 radical (unpaired) electrons. The summed E-state index contributed by atoms with van der Waals surface area (Å²) in [7, 11) is 0. The molecular weight excluding hydrogens is 178 g/mol. The number of carbonyl (C=O) groups excluding carboxylic acids is 2. The van der Waals surface area contributed by atoms with E-state index < -0.39 is 16.9 Å². The predicted molar refractivity (Wildman–Crippen MR) is 48.3 cm³/mol. The van der Waals surface area contributed by atoms with Crippen molar-refractivity contribution < 1.29 is 14.3 Å². The number of alkyl carbamates (subject to hydrolysis) is 1. The molecule has 5 heteroatoms. The highest BCUT2D eigenvalue weighted by molar-refractivity contribution is 8.13. The van der Waals surface area contributed by atoms with Crippen molar-refractivity contribution in [3.8, 4) is 0 Å². The van der Waals surface area contributed by atoms with E-state index in [1.165, 1.54) is 0 Å². The molecule has 0 saturated heterocycles. The highest BCUT2D eigenvalue weighted by Crippen LogP contribution is 2.06. The van der Waals surface area contributed by atoms with Gasteiger partial charge in [-0.25, -0.2) is 4.79 Å². The first-order valence-corrected chi connectivity index (χ1v) is 4.65. The summed E-state index contributed by atoms with van der Waals surface area (Å²) in [6, 6.07) is 0. The number of thioether (sulfide) groups is 1. The van der Waals surface area contributed by atoms with Crippen LogP contribution in [-0.2, 0) is 4.74 Å². The van der Waals surface area contributed by atoms with Crippen LogP contribution in [0.3, 0.4) is 0 Å². The zero-order valence-electron chi connectivity index (χ0n) is 7.63. The third-order valence-electron chi connectivity index (χ3n) is 0.788. The molecule has 12 heavy (non-hydrogen) atoms. The Morgan fingerprint density at radius 3 is 2.17 bits per heavy atom. The van der Waals surface area contributed by atoms with Gasteiger partial charge in [0.05, 0.1) is 0 Å². The molecule has 70 valence electrons. The number of ether oxygens (including phenoxy) is 1. The first kappa shape index (κ1) is 11.3. The van der Waals surface area contributed by atoms with E-state index in [1.807, 2.05) is 5.32 Å². The molecule has 0 fully saturated rings. The molecule has 0 aliphatic carbocycles. The molecule has 4 nitrogen and oxygen atoms in total. The van der Waals surface area contributed by atoms with Crippen molar-refractivity contribution in [2.24, 2.45) is 0 Å². The minimum absolute atomic E-state index is 0.413. The van der Waals surface area contributed by atoms with Gasteiger partial charge in [0, 0.05) is 0 Å². The topological polar surface area (TPSA) is 55.4 Å². The number of rotatable bonds is 0. The standard InChI is InChI=1S/C7H13NO3S/c1-7(2,3)11-5(9)8-6(10)12-4/h1-4H3,(H,8,9,10). The van der Waals surface area contributed by atoms with E-state index in [9.17, 15) is 9.59 Å². The van der Waals surface area contributed by atoms with Gasteiger partial charge in [0.25, 0.3) is 5.24 Å². The lowest BCUT2D eigenvalue weighted by Crippen LogP contribution is -2.34. The molecule has 0 aromatic rings. The van der Waals surface area contributed by atoms with Crippen molar-refractivity contribution >= 4 is 23.1 Å². The van der Waals surface area contributed by atoms with Crippen molar-refractivity contribution in [1.82, 2.24) is 5.32 Å². The summed E-state index contributed by atoms with van der Waals surface area (Å²) in [5.74, 6) is 0. The Hall–Kier alpha value is -0.710. The van der Waals surface area contributed by atoms with E-state index in [2.05, 4.69) is 0 Å². The highest BCUT2D eigenvalue weighted by atomic mass is 32.2. The SMILES string of the molecule is CSC(=O)NC(=O)OC(C)(C)C. The number of amides is 2. The second-order valence-electron chi connectivity index (χ2n) is 3.12. The first-order valence-electron chi connectivity index (χ1n) is 3.43. The Morgan fingerprint density at radius 1 is 1.33 bits per heavy atom. The van der Waals surface area contributed by atoms with Crippen molar-refractivity contribution in [1.29, 1.82) is 0 Å². The lowest BCUT2D eigenvalue weighted by Gasteiger charge is -2.18. The number of imide groups is 1. The minimum atomic E-state index is -0.707. The molecule has 2 amide bonds. The summed E-state index contributed by atoms with van der Waals surface area (Å²) in [5, 5.41) is 1.64. The van der Waals surface area contributed by atoms with E-state index in [-0.39, 0.29) is 0 Å². The fourth-order valence-corrected chi connectivity index (χ4v) is 0.623. The molecule has 0 spiro atoms. The van der Waals surface area contributed by atoms with E-state index in [4.69, 9.17) is 4.74 Å². The maximum Gasteiger partial charge on any atom is 0.415 e. The van der Waals surface area contributed by atoms with Crippen LogP contribution in [0, 0.1) is 0 Å². The van der Waals surface area contributed by atoms with Crippen LogP contribution < -0.4 is 5.32 Å². The lowest BCUT2D eigenvalue weighted by molar-refractivity contribution is 0.0554. The molecule has 1 N–H and O–H groups in total. The normalized spacial score (nSPS) is 10.7. The second kappa shape index (κ2) is 4.35. The number of hydrogen-bond donors (Lipinski definition) is 1. The Labute approximate surface area is 76.0 Å². The van der Waals surface area contributed by atoms with Gasteiger partial charge in [-0.05, 0) is 27.0 Å². The van der Waals surface area contributed by atoms with Gasteiger partial charge in [-0.2, -0.15) is 0 Å². The third-order valence-corrected chi connectivity index (χ3v) is 1.26. The zero-order valence-corrected chi connectivity index (χ0v) is 8.45. The molecule has 0 aromatic heterocycles. The van der Waals surface area contributed by atoms with Gasteiger partial charge >= 0.3 is 6.09 Å². The van der Waals surface area contributed by atoms with Crippen LogP contribution in [0.25, 0.3) is 0 Å². The molecule has 0 aliphatic heterocycles. The second-order valence-corrected chi connectivity index (χ2v) is 3.90. The van der Waals surface area contributed by atoms with Gasteiger partial charge in [-0.15, -0.1) is 0 Å². The summed E-state index contributed by atoms with van der Waals surface area (Å²) in [5.41, 5.74) is -0.567. The van der Waals surface area contributed by atoms with Gasteiger partial charge in [0.1, 0.15) is 5.60 Å². The predicted octanol–water partition coefficient (Wildman–Crippen LogP) is 1.99. The maximum absolute atomic E-state index is 10.9. The van der Waals surface area contributed by atoms with Crippen molar-refractivity contribution in [2.75, 3.05) is 6.26 Å². The molecular formula is C7H13NO3S. The molecule has 0 heterocycles. The molecule has 0 unspecified atom stereocenters. The highest BCUT2D eigenvalue weighted by Gasteiger charge is 2.17. The number of carbonyl (C=O) groups is 2. The number of hydrogen-bond acceptors (Lipinski definition) is 4. The summed E-state index contributed by atoms with van der Waals surface area (Å²) in [4.78, 5) is 21.5. The summed E-state index contributed by atoms with van der Waals surface area (Å²) in [6.45, 7) is 5.20. The van der Waals surface area contributed by atoms with E-state index in [0.717, 1.165) is 11.8 Å². The van der Waals surface area contributed by atoms with E-state index >= 15 is 0 Å². The van der Waals surface area contributed by atoms with Crippen LogP contribution in [0.5, 0.6) is 0 Å². The Balaban J connectivity index is 3.83. The average Bonchev–Trinajstić information content (AvgIpc) is 1.82. The molecule has 0 saturated carbocycles. The van der Waals surface area contributed by atoms with Crippen LogP contribution in [-0.4, -0.2) is 23.2 Å². The third kappa shape index (κ3) is 6.03. The Bertz CT molecular complexity index is 186. The largest absolute Gasteiger partial charge is 0.444 e. The fourth-order valence-electron chi connectivity index (χ4n) is 0.438. The van der Waals surface area contributed by atoms with Gasteiger partial charge in [-0.3, -0.25) is 10.1 Å². The molecule has 0 bridgehead atoms. The van der Waals surface area contributed by atoms with Crippen LogP contribution >= 0.6 is 11.8 Å². The van der Waals surface area contributed by atoms with Crippen molar-refractivity contribution in [2.45, 2.75) is 26.4 Å². The Morgan fingerprint density at radius 2 is 1.83 bits per heavy atom. The van der Waals surface area contributed by atoms with Crippen molar-refractivity contribution in [3.05, 3.63) is 0 Å². The minimum Gasteiger partial charge on any atom is -0.444 e. The summed E-state index contributed by atoms with van der Waals surface area (Å²) < 4.78 is 4.83. The molecule has 0 aliphatic rings. The van der Waals surface area contributed by atoms with Crippen LogP contribution in [0.1, 0.15) is 20.8 Å². The van der Waals surface area contributed by atoms with E-state index in [1.54, 1.807) is 27.0 Å². The lowest BCUT2D eigenvalue weighted by atomic mass is 10.2. The van der Waals surface area contributed by atoms with E-state index in [0.29, 0.717) is 0 Å². The quantitative estimate of drug-likeness (QED) is 0.636. The fraction of sp³-hybridized carbons (Fsp3) is 0.714.